The molecule has 1 aromatic rings. The van der Waals surface area contributed by atoms with Crippen molar-refractivity contribution in [3.8, 4) is 0 Å². The minimum absolute atomic E-state index is 0.201. The van der Waals surface area contributed by atoms with E-state index in [0.717, 1.165) is 5.56 Å². The van der Waals surface area contributed by atoms with Gasteiger partial charge in [-0.05, 0) is 61.5 Å². The average molecular weight is 444 g/mol. The van der Waals surface area contributed by atoms with Crippen LogP contribution in [0.3, 0.4) is 0 Å². The molecule has 0 spiro atoms. The van der Waals surface area contributed by atoms with Gasteiger partial charge < -0.3 is 9.47 Å². The van der Waals surface area contributed by atoms with Crippen molar-refractivity contribution in [3.63, 3.8) is 0 Å². The van der Waals surface area contributed by atoms with Crippen molar-refractivity contribution in [3.05, 3.63) is 22.5 Å². The maximum absolute atomic E-state index is 12.9. The number of fused-ring (bicyclic) bond motifs is 1. The van der Waals surface area contributed by atoms with E-state index in [-0.39, 0.29) is 11.7 Å². The third-order valence-corrected chi connectivity index (χ3v) is 6.91. The lowest BCUT2D eigenvalue weighted by molar-refractivity contribution is 0.0578. The molecule has 1 amide bonds. The fourth-order valence-electron chi connectivity index (χ4n) is 3.11. The molecule has 0 saturated carbocycles. The number of carbonyl (C=O) groups is 1. The van der Waals surface area contributed by atoms with Gasteiger partial charge in [0.15, 0.2) is 5.15 Å². The summed E-state index contributed by atoms with van der Waals surface area (Å²) < 4.78 is 26.8. The predicted octanol–water partition coefficient (Wildman–Crippen LogP) is 4.00. The summed E-state index contributed by atoms with van der Waals surface area (Å²) in [6, 6.07) is 1.89. The highest BCUT2D eigenvalue weighted by Crippen LogP contribution is 2.47. The Morgan fingerprint density at radius 1 is 1.31 bits per heavy atom. The summed E-state index contributed by atoms with van der Waals surface area (Å²) in [5, 5.41) is 0.201. The van der Waals surface area contributed by atoms with Gasteiger partial charge in [-0.25, -0.2) is 18.7 Å². The van der Waals surface area contributed by atoms with Crippen molar-refractivity contribution in [1.29, 1.82) is 0 Å². The highest BCUT2D eigenvalue weighted by molar-refractivity contribution is 7.84. The van der Waals surface area contributed by atoms with Crippen LogP contribution in [0, 0.1) is 0 Å². The van der Waals surface area contributed by atoms with Gasteiger partial charge in [0.05, 0.1) is 45.8 Å². The van der Waals surface area contributed by atoms with Crippen LogP contribution in [0.1, 0.15) is 66.6 Å². The van der Waals surface area contributed by atoms with Gasteiger partial charge in [0.25, 0.3) is 0 Å². The number of aromatic nitrogens is 1. The van der Waals surface area contributed by atoms with Gasteiger partial charge in [-0.2, -0.15) is 0 Å². The molecule has 1 saturated heterocycles. The van der Waals surface area contributed by atoms with Gasteiger partial charge in [-0.1, -0.05) is 11.6 Å². The molecule has 3 rings (SSSR count). The first-order valence-electron chi connectivity index (χ1n) is 9.61. The van der Waals surface area contributed by atoms with Gasteiger partial charge in [-0.3, -0.25) is 4.90 Å². The lowest BCUT2D eigenvalue weighted by Gasteiger charge is -2.31. The number of pyridine rings is 1. The van der Waals surface area contributed by atoms with E-state index in [9.17, 15) is 9.00 Å². The van der Waals surface area contributed by atoms with E-state index >= 15 is 0 Å². The van der Waals surface area contributed by atoms with E-state index in [1.54, 1.807) is 0 Å². The Morgan fingerprint density at radius 3 is 2.38 bits per heavy atom. The third-order valence-electron chi connectivity index (χ3n) is 4.90. The van der Waals surface area contributed by atoms with Crippen molar-refractivity contribution in [2.24, 2.45) is 0 Å². The SMILES string of the molecule is CC(C)(C)OC(=O)N1C[C@](C)(NS(=O)C(C)(C)C)c2cc(C3(C)CO3)nc(Cl)c21. The number of nitrogens with one attached hydrogen (secondary N) is 1. The summed E-state index contributed by atoms with van der Waals surface area (Å²) in [7, 11) is -1.36. The summed E-state index contributed by atoms with van der Waals surface area (Å²) in [6.07, 6.45) is -0.517. The molecule has 0 aromatic carbocycles. The van der Waals surface area contributed by atoms with Crippen molar-refractivity contribution in [2.75, 3.05) is 18.1 Å². The first kappa shape index (κ1) is 22.5. The zero-order valence-electron chi connectivity index (χ0n) is 18.3. The van der Waals surface area contributed by atoms with Crippen LogP contribution in [-0.4, -0.2) is 38.8 Å². The quantitative estimate of drug-likeness (QED) is 0.563. The molecule has 1 N–H and O–H groups in total. The number of rotatable bonds is 3. The minimum Gasteiger partial charge on any atom is -0.443 e. The van der Waals surface area contributed by atoms with Crippen LogP contribution in [0.15, 0.2) is 6.07 Å². The first-order chi connectivity index (χ1) is 13.1. The van der Waals surface area contributed by atoms with Gasteiger partial charge >= 0.3 is 6.09 Å². The molecule has 162 valence electrons. The molecular formula is C20H30ClN3O4S. The molecule has 2 unspecified atom stereocenters. The summed E-state index contributed by atoms with van der Waals surface area (Å²) in [4.78, 5) is 18.9. The number of hydrogen-bond acceptors (Lipinski definition) is 5. The Morgan fingerprint density at radius 2 is 1.90 bits per heavy atom. The number of halogens is 1. The normalized spacial score (nSPS) is 27.6. The van der Waals surface area contributed by atoms with Crippen LogP contribution >= 0.6 is 11.6 Å². The van der Waals surface area contributed by atoms with Gasteiger partial charge in [-0.15, -0.1) is 0 Å². The maximum Gasteiger partial charge on any atom is 0.414 e. The largest absolute Gasteiger partial charge is 0.443 e. The summed E-state index contributed by atoms with van der Waals surface area (Å²) in [5.41, 5.74) is -0.00377. The molecule has 0 aliphatic carbocycles. The third kappa shape index (κ3) is 4.45. The van der Waals surface area contributed by atoms with E-state index in [1.807, 2.05) is 61.5 Å². The average Bonchev–Trinajstić information content (AvgIpc) is 3.21. The maximum atomic E-state index is 12.9. The number of carbonyl (C=O) groups excluding carboxylic acids is 1. The zero-order chi connectivity index (χ0) is 22.0. The number of anilines is 1. The Labute approximate surface area is 180 Å². The Hall–Kier alpha value is -1.22. The van der Waals surface area contributed by atoms with Crippen LogP contribution in [0.2, 0.25) is 5.15 Å². The minimum atomic E-state index is -1.36. The second kappa shape index (κ2) is 6.90. The Balaban J connectivity index is 2.08. The van der Waals surface area contributed by atoms with Crippen LogP contribution in [0.5, 0.6) is 0 Å². The molecule has 3 atom stereocenters. The van der Waals surface area contributed by atoms with Crippen molar-refractivity contribution in [2.45, 2.75) is 76.9 Å². The number of hydrogen-bond donors (Lipinski definition) is 1. The molecule has 2 aliphatic heterocycles. The van der Waals surface area contributed by atoms with E-state index < -0.39 is 38.6 Å². The molecule has 2 aliphatic rings. The Bertz CT molecular complexity index is 874. The van der Waals surface area contributed by atoms with Crippen molar-refractivity contribution < 1.29 is 18.5 Å². The highest BCUT2D eigenvalue weighted by atomic mass is 35.5. The van der Waals surface area contributed by atoms with Crippen LogP contribution < -0.4 is 9.62 Å². The van der Waals surface area contributed by atoms with E-state index in [1.165, 1.54) is 4.90 Å². The van der Waals surface area contributed by atoms with Gasteiger partial charge in [0.1, 0.15) is 11.2 Å². The standard InChI is InChI=1S/C20H30ClN3O4S/c1-17(2,3)28-16(25)24-10-19(7,23-29(26)18(4,5)6)12-9-13(20(8)11-27-20)22-15(21)14(12)24/h9,23H,10-11H2,1-8H3/t19-,20?,29?/m0/s1. The lowest BCUT2D eigenvalue weighted by Crippen LogP contribution is -2.50. The van der Waals surface area contributed by atoms with E-state index in [0.29, 0.717) is 18.0 Å². The molecular weight excluding hydrogens is 414 g/mol. The summed E-state index contributed by atoms with van der Waals surface area (Å²) in [6.45, 7) is 15.7. The van der Waals surface area contributed by atoms with Crippen LogP contribution in [-0.2, 0) is 31.6 Å². The smallest absolute Gasteiger partial charge is 0.414 e. The highest BCUT2D eigenvalue weighted by Gasteiger charge is 2.49. The van der Waals surface area contributed by atoms with E-state index in [2.05, 4.69) is 9.71 Å². The number of nitrogens with zero attached hydrogens (tertiary/aromatic N) is 2. The number of amides is 1. The number of ether oxygens (including phenoxy) is 2. The fraction of sp³-hybridized carbons (Fsp3) is 0.700. The fourth-order valence-corrected chi connectivity index (χ4v) is 4.29. The van der Waals surface area contributed by atoms with Crippen LogP contribution in [0.25, 0.3) is 0 Å². The monoisotopic (exact) mass is 443 g/mol. The molecule has 0 radical (unpaired) electrons. The second-order valence-electron chi connectivity index (χ2n) is 10.1. The first-order valence-corrected chi connectivity index (χ1v) is 11.1. The topological polar surface area (TPSA) is 84.1 Å². The summed E-state index contributed by atoms with van der Waals surface area (Å²) >= 11 is 6.55. The van der Waals surface area contributed by atoms with Crippen LogP contribution in [0.4, 0.5) is 10.5 Å². The Kier molecular flexibility index (Phi) is 5.35. The molecule has 9 heteroatoms. The van der Waals surface area contributed by atoms with Gasteiger partial charge in [0.2, 0.25) is 0 Å². The number of epoxide rings is 1. The van der Waals surface area contributed by atoms with Crippen molar-refractivity contribution in [1.82, 2.24) is 9.71 Å². The zero-order valence-corrected chi connectivity index (χ0v) is 19.9. The predicted molar refractivity (Wildman–Crippen MR) is 115 cm³/mol. The molecule has 0 bridgehead atoms. The molecule has 3 heterocycles. The lowest BCUT2D eigenvalue weighted by atomic mass is 9.94. The van der Waals surface area contributed by atoms with Crippen molar-refractivity contribution >= 4 is 34.4 Å². The molecule has 1 fully saturated rings. The van der Waals surface area contributed by atoms with E-state index in [4.69, 9.17) is 21.1 Å². The summed E-state index contributed by atoms with van der Waals surface area (Å²) in [5.74, 6) is 0. The van der Waals surface area contributed by atoms with Gasteiger partial charge in [0, 0.05) is 5.56 Å². The second-order valence-corrected chi connectivity index (χ2v) is 12.4. The molecule has 29 heavy (non-hydrogen) atoms. The molecule has 1 aromatic heterocycles. The molecule has 7 nitrogen and oxygen atoms in total.